The molecule has 1 aliphatic rings. The molecule has 0 amide bonds. The molecule has 2 rings (SSSR count). The lowest BCUT2D eigenvalue weighted by Crippen LogP contribution is -2.47. The van der Waals surface area contributed by atoms with E-state index in [0.29, 0.717) is 5.92 Å². The third kappa shape index (κ3) is 2.56. The molecule has 3 nitrogen and oxygen atoms in total. The summed E-state index contributed by atoms with van der Waals surface area (Å²) in [6.07, 6.45) is 2.47. The molecule has 84 valence electrons. The summed E-state index contributed by atoms with van der Waals surface area (Å²) in [6, 6.07) is 0. The molecule has 1 aliphatic carbocycles. The SMILES string of the molecule is Cc1nc(CNC(C)(CO)C2CC2)cs1. The fraction of sp³-hybridized carbons (Fsp3) is 0.727. The molecule has 4 heteroatoms. The molecule has 0 aromatic carbocycles. The van der Waals surface area contributed by atoms with E-state index < -0.39 is 0 Å². The molecule has 0 aliphatic heterocycles. The van der Waals surface area contributed by atoms with Crippen LogP contribution >= 0.6 is 11.3 Å². The molecule has 1 saturated carbocycles. The van der Waals surface area contributed by atoms with Gasteiger partial charge in [-0.15, -0.1) is 11.3 Å². The predicted molar refractivity (Wildman–Crippen MR) is 61.9 cm³/mol. The number of rotatable bonds is 5. The molecule has 15 heavy (non-hydrogen) atoms. The number of aryl methyl sites for hydroxylation is 1. The summed E-state index contributed by atoms with van der Waals surface area (Å²) in [5.41, 5.74) is 0.968. The molecule has 1 aromatic heterocycles. The zero-order valence-electron chi connectivity index (χ0n) is 9.29. The van der Waals surface area contributed by atoms with Crippen LogP contribution in [0.3, 0.4) is 0 Å². The third-order valence-electron chi connectivity index (χ3n) is 3.15. The van der Waals surface area contributed by atoms with Crippen molar-refractivity contribution in [3.8, 4) is 0 Å². The minimum atomic E-state index is -0.114. The smallest absolute Gasteiger partial charge is 0.0897 e. The van der Waals surface area contributed by atoms with Crippen LogP contribution < -0.4 is 5.32 Å². The molecular formula is C11H18N2OS. The van der Waals surface area contributed by atoms with Gasteiger partial charge in [-0.2, -0.15) is 0 Å². The normalized spacial score (nSPS) is 20.2. The van der Waals surface area contributed by atoms with Crippen molar-refractivity contribution < 1.29 is 5.11 Å². The second-order valence-corrected chi connectivity index (χ2v) is 5.62. The van der Waals surface area contributed by atoms with Crippen molar-refractivity contribution in [1.29, 1.82) is 0 Å². The van der Waals surface area contributed by atoms with Gasteiger partial charge >= 0.3 is 0 Å². The Balaban J connectivity index is 1.91. The molecule has 1 unspecified atom stereocenters. The molecule has 1 atom stereocenters. The minimum Gasteiger partial charge on any atom is -0.394 e. The highest BCUT2D eigenvalue weighted by Crippen LogP contribution is 2.39. The van der Waals surface area contributed by atoms with Crippen LogP contribution in [0, 0.1) is 12.8 Å². The lowest BCUT2D eigenvalue weighted by atomic mass is 9.97. The maximum atomic E-state index is 9.40. The summed E-state index contributed by atoms with van der Waals surface area (Å²) in [7, 11) is 0. The molecular weight excluding hydrogens is 208 g/mol. The number of nitrogens with one attached hydrogen (secondary N) is 1. The van der Waals surface area contributed by atoms with E-state index in [1.165, 1.54) is 12.8 Å². The van der Waals surface area contributed by atoms with Gasteiger partial charge in [0.1, 0.15) is 0 Å². The average Bonchev–Trinajstić information content (AvgIpc) is 3.00. The number of aromatic nitrogens is 1. The van der Waals surface area contributed by atoms with E-state index >= 15 is 0 Å². The topological polar surface area (TPSA) is 45.2 Å². The Morgan fingerprint density at radius 3 is 2.87 bits per heavy atom. The Labute approximate surface area is 94.5 Å². The highest BCUT2D eigenvalue weighted by molar-refractivity contribution is 7.09. The van der Waals surface area contributed by atoms with Gasteiger partial charge in [0.25, 0.3) is 0 Å². The average molecular weight is 226 g/mol. The zero-order valence-corrected chi connectivity index (χ0v) is 10.1. The lowest BCUT2D eigenvalue weighted by Gasteiger charge is -2.28. The number of nitrogens with zero attached hydrogens (tertiary/aromatic N) is 1. The van der Waals surface area contributed by atoms with Crippen LogP contribution in [-0.2, 0) is 6.54 Å². The molecule has 2 N–H and O–H groups in total. The van der Waals surface area contributed by atoms with Crippen LogP contribution in [0.4, 0.5) is 0 Å². The van der Waals surface area contributed by atoms with Crippen LogP contribution in [0.2, 0.25) is 0 Å². The van der Waals surface area contributed by atoms with E-state index in [1.54, 1.807) is 11.3 Å². The van der Waals surface area contributed by atoms with Gasteiger partial charge in [0.15, 0.2) is 0 Å². The summed E-state index contributed by atoms with van der Waals surface area (Å²) in [4.78, 5) is 4.40. The standard InChI is InChI=1S/C11H18N2OS/c1-8-13-10(6-15-8)5-12-11(2,7-14)9-3-4-9/h6,9,12,14H,3-5,7H2,1-2H3. The zero-order chi connectivity index (χ0) is 10.9. The van der Waals surface area contributed by atoms with E-state index in [1.807, 2.05) is 6.92 Å². The van der Waals surface area contributed by atoms with Gasteiger partial charge in [-0.3, -0.25) is 0 Å². The highest BCUT2D eigenvalue weighted by atomic mass is 32.1. The van der Waals surface area contributed by atoms with Crippen molar-refractivity contribution in [3.05, 3.63) is 16.1 Å². The molecule has 0 saturated heterocycles. The summed E-state index contributed by atoms with van der Waals surface area (Å²) in [5.74, 6) is 0.641. The summed E-state index contributed by atoms with van der Waals surface area (Å²) >= 11 is 1.67. The van der Waals surface area contributed by atoms with Crippen LogP contribution in [0.5, 0.6) is 0 Å². The Morgan fingerprint density at radius 1 is 1.67 bits per heavy atom. The van der Waals surface area contributed by atoms with E-state index in [-0.39, 0.29) is 12.1 Å². The highest BCUT2D eigenvalue weighted by Gasteiger charge is 2.40. The van der Waals surface area contributed by atoms with Gasteiger partial charge in [0.05, 0.1) is 17.3 Å². The first kappa shape index (κ1) is 11.0. The predicted octanol–water partition coefficient (Wildman–Crippen LogP) is 1.70. The molecule has 1 aromatic rings. The number of hydrogen-bond acceptors (Lipinski definition) is 4. The van der Waals surface area contributed by atoms with E-state index in [0.717, 1.165) is 17.2 Å². The fourth-order valence-electron chi connectivity index (χ4n) is 1.83. The van der Waals surface area contributed by atoms with Crippen molar-refractivity contribution in [2.75, 3.05) is 6.61 Å². The molecule has 1 heterocycles. The first-order valence-electron chi connectivity index (χ1n) is 5.41. The monoisotopic (exact) mass is 226 g/mol. The first-order chi connectivity index (χ1) is 7.14. The summed E-state index contributed by atoms with van der Waals surface area (Å²) < 4.78 is 0. The van der Waals surface area contributed by atoms with Gasteiger partial charge < -0.3 is 10.4 Å². The quantitative estimate of drug-likeness (QED) is 0.803. The van der Waals surface area contributed by atoms with Gasteiger partial charge in [-0.05, 0) is 32.6 Å². The Bertz CT molecular complexity index is 335. The van der Waals surface area contributed by atoms with Crippen molar-refractivity contribution in [1.82, 2.24) is 10.3 Å². The number of thiazole rings is 1. The Hall–Kier alpha value is -0.450. The van der Waals surface area contributed by atoms with E-state index in [9.17, 15) is 5.11 Å². The van der Waals surface area contributed by atoms with Crippen molar-refractivity contribution >= 4 is 11.3 Å². The van der Waals surface area contributed by atoms with Crippen molar-refractivity contribution in [2.24, 2.45) is 5.92 Å². The van der Waals surface area contributed by atoms with Gasteiger partial charge in [-0.1, -0.05) is 0 Å². The van der Waals surface area contributed by atoms with Gasteiger partial charge in [0, 0.05) is 17.5 Å². The van der Waals surface area contributed by atoms with Crippen molar-refractivity contribution in [3.63, 3.8) is 0 Å². The van der Waals surface area contributed by atoms with Gasteiger partial charge in [0.2, 0.25) is 0 Å². The van der Waals surface area contributed by atoms with E-state index in [4.69, 9.17) is 0 Å². The minimum absolute atomic E-state index is 0.114. The Kier molecular flexibility index (Phi) is 3.09. The fourth-order valence-corrected chi connectivity index (χ4v) is 2.44. The first-order valence-corrected chi connectivity index (χ1v) is 6.29. The maximum absolute atomic E-state index is 9.40. The Morgan fingerprint density at radius 2 is 2.40 bits per heavy atom. The molecule has 0 bridgehead atoms. The summed E-state index contributed by atoms with van der Waals surface area (Å²) in [6.45, 7) is 5.09. The van der Waals surface area contributed by atoms with E-state index in [2.05, 4.69) is 22.6 Å². The van der Waals surface area contributed by atoms with Crippen molar-refractivity contribution in [2.45, 2.75) is 38.8 Å². The second-order valence-electron chi connectivity index (χ2n) is 4.56. The van der Waals surface area contributed by atoms with Crippen LogP contribution in [0.25, 0.3) is 0 Å². The van der Waals surface area contributed by atoms with Crippen LogP contribution in [-0.4, -0.2) is 22.2 Å². The van der Waals surface area contributed by atoms with Crippen LogP contribution in [0.15, 0.2) is 5.38 Å². The maximum Gasteiger partial charge on any atom is 0.0897 e. The third-order valence-corrected chi connectivity index (χ3v) is 3.97. The molecule has 0 spiro atoms. The molecule has 1 fully saturated rings. The molecule has 0 radical (unpaired) electrons. The summed E-state index contributed by atoms with van der Waals surface area (Å²) in [5, 5.41) is 16.0. The van der Waals surface area contributed by atoms with Gasteiger partial charge in [-0.25, -0.2) is 4.98 Å². The van der Waals surface area contributed by atoms with Crippen LogP contribution in [0.1, 0.15) is 30.5 Å². The number of aliphatic hydroxyl groups excluding tert-OH is 1. The largest absolute Gasteiger partial charge is 0.394 e. The number of hydrogen-bond donors (Lipinski definition) is 2. The second kappa shape index (κ2) is 4.20. The number of aliphatic hydroxyl groups is 1. The lowest BCUT2D eigenvalue weighted by molar-refractivity contribution is 0.153.